The van der Waals surface area contributed by atoms with E-state index in [2.05, 4.69) is 38.5 Å². The molecule has 0 bridgehead atoms. The number of aromatic nitrogens is 1. The molecule has 1 unspecified atom stereocenters. The highest BCUT2D eigenvalue weighted by Crippen LogP contribution is 2.33. The van der Waals surface area contributed by atoms with E-state index < -0.39 is 0 Å². The second kappa shape index (κ2) is 6.68. The Morgan fingerprint density at radius 3 is 3.00 bits per heavy atom. The van der Waals surface area contributed by atoms with Crippen LogP contribution in [0.25, 0.3) is 0 Å². The van der Waals surface area contributed by atoms with Crippen molar-refractivity contribution >= 4 is 27.7 Å². The molecule has 2 N–H and O–H groups in total. The minimum Gasteiger partial charge on any atom is -0.316 e. The van der Waals surface area contributed by atoms with Gasteiger partial charge in [0.25, 0.3) is 0 Å². The summed E-state index contributed by atoms with van der Waals surface area (Å²) < 4.78 is 0.926. The third-order valence-corrected chi connectivity index (χ3v) is 4.39. The maximum Gasteiger partial charge on any atom is 0.233 e. The molecule has 0 radical (unpaired) electrons. The van der Waals surface area contributed by atoms with Crippen LogP contribution in [0.2, 0.25) is 0 Å². The number of amides is 1. The average Bonchev–Trinajstić information content (AvgIpc) is 2.43. The predicted octanol–water partition coefficient (Wildman–Crippen LogP) is 3.26. The van der Waals surface area contributed by atoms with E-state index in [0.29, 0.717) is 5.82 Å². The molecule has 0 spiro atoms. The first-order valence-corrected chi connectivity index (χ1v) is 8.01. The predicted molar refractivity (Wildman–Crippen MR) is 84.7 cm³/mol. The van der Waals surface area contributed by atoms with E-state index in [-0.39, 0.29) is 11.3 Å². The zero-order valence-corrected chi connectivity index (χ0v) is 13.7. The van der Waals surface area contributed by atoms with Crippen molar-refractivity contribution in [1.29, 1.82) is 0 Å². The first-order valence-electron chi connectivity index (χ1n) is 7.22. The molecule has 0 aromatic carbocycles. The second-order valence-electron chi connectivity index (χ2n) is 5.58. The number of halogens is 1. The van der Waals surface area contributed by atoms with Gasteiger partial charge < -0.3 is 10.6 Å². The summed E-state index contributed by atoms with van der Waals surface area (Å²) in [4.78, 5) is 17.0. The number of pyridine rings is 1. The molecule has 110 valence electrons. The summed E-state index contributed by atoms with van der Waals surface area (Å²) in [5, 5.41) is 6.38. The Kier molecular flexibility index (Phi) is 5.16. The SMILES string of the molecule is CCCC1(C(=O)Nc2ncc(Br)cc2C)CCCNC1. The van der Waals surface area contributed by atoms with Gasteiger partial charge in [-0.3, -0.25) is 4.79 Å². The van der Waals surface area contributed by atoms with Gasteiger partial charge in [-0.05, 0) is 60.3 Å². The largest absolute Gasteiger partial charge is 0.316 e. The van der Waals surface area contributed by atoms with Crippen molar-refractivity contribution in [1.82, 2.24) is 10.3 Å². The number of hydrogen-bond acceptors (Lipinski definition) is 3. The first kappa shape index (κ1) is 15.4. The lowest BCUT2D eigenvalue weighted by Crippen LogP contribution is -2.48. The van der Waals surface area contributed by atoms with Gasteiger partial charge in [0.15, 0.2) is 0 Å². The molecule has 2 heterocycles. The monoisotopic (exact) mass is 339 g/mol. The number of nitrogens with zero attached hydrogens (tertiary/aromatic N) is 1. The van der Waals surface area contributed by atoms with Crippen LogP contribution in [0, 0.1) is 12.3 Å². The molecule has 2 rings (SSSR count). The fraction of sp³-hybridized carbons (Fsp3) is 0.600. The first-order chi connectivity index (χ1) is 9.57. The summed E-state index contributed by atoms with van der Waals surface area (Å²) in [6.07, 6.45) is 5.66. The van der Waals surface area contributed by atoms with Crippen LogP contribution < -0.4 is 10.6 Å². The van der Waals surface area contributed by atoms with Crippen LogP contribution >= 0.6 is 15.9 Å². The number of piperidine rings is 1. The van der Waals surface area contributed by atoms with Gasteiger partial charge in [-0.15, -0.1) is 0 Å². The van der Waals surface area contributed by atoms with Crippen molar-refractivity contribution in [3.05, 3.63) is 22.3 Å². The maximum absolute atomic E-state index is 12.7. The molecule has 1 aromatic rings. The lowest BCUT2D eigenvalue weighted by Gasteiger charge is -2.36. The van der Waals surface area contributed by atoms with E-state index in [1.165, 1.54) is 0 Å². The second-order valence-corrected chi connectivity index (χ2v) is 6.50. The Morgan fingerprint density at radius 2 is 2.40 bits per heavy atom. The number of carbonyl (C=O) groups is 1. The molecule has 1 aromatic heterocycles. The van der Waals surface area contributed by atoms with Crippen molar-refractivity contribution in [2.45, 2.75) is 39.5 Å². The number of rotatable bonds is 4. The Morgan fingerprint density at radius 1 is 1.60 bits per heavy atom. The fourth-order valence-electron chi connectivity index (χ4n) is 2.88. The lowest BCUT2D eigenvalue weighted by molar-refractivity contribution is -0.127. The van der Waals surface area contributed by atoms with Gasteiger partial charge in [0.1, 0.15) is 5.82 Å². The summed E-state index contributed by atoms with van der Waals surface area (Å²) in [6.45, 7) is 5.86. The van der Waals surface area contributed by atoms with Gasteiger partial charge in [0.05, 0.1) is 5.41 Å². The number of hydrogen-bond donors (Lipinski definition) is 2. The number of carbonyl (C=O) groups excluding carboxylic acids is 1. The number of aryl methyl sites for hydroxylation is 1. The summed E-state index contributed by atoms with van der Waals surface area (Å²) in [5.41, 5.74) is 0.692. The zero-order valence-electron chi connectivity index (χ0n) is 12.1. The summed E-state index contributed by atoms with van der Waals surface area (Å²) in [5.74, 6) is 0.767. The molecule has 1 fully saturated rings. The van der Waals surface area contributed by atoms with Gasteiger partial charge in [0.2, 0.25) is 5.91 Å². The van der Waals surface area contributed by atoms with E-state index in [9.17, 15) is 4.79 Å². The van der Waals surface area contributed by atoms with E-state index in [1.54, 1.807) is 6.20 Å². The Labute approximate surface area is 128 Å². The van der Waals surface area contributed by atoms with Crippen molar-refractivity contribution < 1.29 is 4.79 Å². The zero-order chi connectivity index (χ0) is 14.6. The fourth-order valence-corrected chi connectivity index (χ4v) is 3.32. The Hall–Kier alpha value is -0.940. The molecular weight excluding hydrogens is 318 g/mol. The van der Waals surface area contributed by atoms with Crippen LogP contribution in [0.4, 0.5) is 5.82 Å². The van der Waals surface area contributed by atoms with Crippen molar-refractivity contribution in [3.8, 4) is 0 Å². The molecule has 4 nitrogen and oxygen atoms in total. The molecule has 5 heteroatoms. The van der Waals surface area contributed by atoms with Gasteiger partial charge in [-0.2, -0.15) is 0 Å². The third kappa shape index (κ3) is 3.38. The Bertz CT molecular complexity index is 478. The standard InChI is InChI=1S/C15H22BrN3O/c1-3-5-15(6-4-7-17-10-15)14(20)19-13-11(2)8-12(16)9-18-13/h8-9,17H,3-7,10H2,1-2H3,(H,18,19,20). The maximum atomic E-state index is 12.7. The third-order valence-electron chi connectivity index (χ3n) is 3.96. The van der Waals surface area contributed by atoms with Crippen molar-refractivity contribution in [2.75, 3.05) is 18.4 Å². The molecule has 1 atom stereocenters. The molecule has 0 saturated carbocycles. The van der Waals surface area contributed by atoms with Crippen LogP contribution in [0.15, 0.2) is 16.7 Å². The van der Waals surface area contributed by atoms with Gasteiger partial charge in [0, 0.05) is 17.2 Å². The lowest BCUT2D eigenvalue weighted by atomic mass is 9.76. The van der Waals surface area contributed by atoms with Gasteiger partial charge in [-0.25, -0.2) is 4.98 Å². The summed E-state index contributed by atoms with van der Waals surface area (Å²) in [7, 11) is 0. The molecule has 20 heavy (non-hydrogen) atoms. The molecule has 0 aliphatic carbocycles. The topological polar surface area (TPSA) is 54.0 Å². The average molecular weight is 340 g/mol. The van der Waals surface area contributed by atoms with E-state index >= 15 is 0 Å². The molecular formula is C15H22BrN3O. The van der Waals surface area contributed by atoms with Crippen LogP contribution in [-0.2, 0) is 4.79 Å². The van der Waals surface area contributed by atoms with Crippen LogP contribution in [-0.4, -0.2) is 24.0 Å². The minimum atomic E-state index is -0.284. The van der Waals surface area contributed by atoms with Crippen molar-refractivity contribution in [2.24, 2.45) is 5.41 Å². The van der Waals surface area contributed by atoms with Crippen LogP contribution in [0.5, 0.6) is 0 Å². The van der Waals surface area contributed by atoms with E-state index in [0.717, 1.165) is 48.8 Å². The smallest absolute Gasteiger partial charge is 0.233 e. The van der Waals surface area contributed by atoms with Crippen molar-refractivity contribution in [3.63, 3.8) is 0 Å². The molecule has 1 amide bonds. The number of anilines is 1. The normalized spacial score (nSPS) is 22.6. The Balaban J connectivity index is 2.15. The van der Waals surface area contributed by atoms with E-state index in [1.807, 2.05) is 13.0 Å². The molecule has 1 aliphatic rings. The minimum absolute atomic E-state index is 0.101. The van der Waals surface area contributed by atoms with Crippen LogP contribution in [0.1, 0.15) is 38.2 Å². The summed E-state index contributed by atoms with van der Waals surface area (Å²) >= 11 is 3.39. The highest BCUT2D eigenvalue weighted by Gasteiger charge is 2.38. The highest BCUT2D eigenvalue weighted by molar-refractivity contribution is 9.10. The summed E-state index contributed by atoms with van der Waals surface area (Å²) in [6, 6.07) is 1.97. The van der Waals surface area contributed by atoms with Gasteiger partial charge in [-0.1, -0.05) is 13.3 Å². The molecule has 1 saturated heterocycles. The number of nitrogens with one attached hydrogen (secondary N) is 2. The van der Waals surface area contributed by atoms with Crippen LogP contribution in [0.3, 0.4) is 0 Å². The quantitative estimate of drug-likeness (QED) is 0.885. The van der Waals surface area contributed by atoms with E-state index in [4.69, 9.17) is 0 Å². The molecule has 1 aliphatic heterocycles. The highest BCUT2D eigenvalue weighted by atomic mass is 79.9. The van der Waals surface area contributed by atoms with Gasteiger partial charge >= 0.3 is 0 Å².